The van der Waals surface area contributed by atoms with Crippen LogP contribution in [0.5, 0.6) is 17.2 Å². The fraction of sp³-hybridized carbons (Fsp3) is 0.250. The summed E-state index contributed by atoms with van der Waals surface area (Å²) in [5.41, 5.74) is 1.64. The van der Waals surface area contributed by atoms with Gasteiger partial charge in [-0.25, -0.2) is 0 Å². The van der Waals surface area contributed by atoms with Gasteiger partial charge in [0.25, 0.3) is 5.91 Å². The van der Waals surface area contributed by atoms with Gasteiger partial charge < -0.3 is 29.7 Å². The number of methoxy groups -OCH3 is 2. The number of rotatable bonds is 5. The van der Waals surface area contributed by atoms with Crippen molar-refractivity contribution >= 4 is 29.1 Å². The maximum atomic E-state index is 12.2. The molecule has 1 heterocycles. The smallest absolute Gasteiger partial charge is 0.313 e. The Kier molecular flexibility index (Phi) is 5.87. The third-order valence-electron chi connectivity index (χ3n) is 4.41. The van der Waals surface area contributed by atoms with E-state index >= 15 is 0 Å². The van der Waals surface area contributed by atoms with Gasteiger partial charge in [-0.15, -0.1) is 0 Å². The Hall–Kier alpha value is -3.75. The number of nitrogens with one attached hydrogen (secondary N) is 2. The third kappa shape index (κ3) is 4.40. The van der Waals surface area contributed by atoms with Crippen LogP contribution in [0.1, 0.15) is 5.56 Å². The molecule has 2 aromatic rings. The maximum absolute atomic E-state index is 12.2. The number of carbonyl (C=O) groups is 3. The molecule has 0 bridgehead atoms. The highest BCUT2D eigenvalue weighted by molar-refractivity contribution is 6.39. The van der Waals surface area contributed by atoms with Crippen molar-refractivity contribution < 1.29 is 28.6 Å². The van der Waals surface area contributed by atoms with Crippen LogP contribution in [0.2, 0.25) is 0 Å². The highest BCUT2D eigenvalue weighted by atomic mass is 16.5. The van der Waals surface area contributed by atoms with Gasteiger partial charge in [0.1, 0.15) is 5.75 Å². The van der Waals surface area contributed by atoms with E-state index in [4.69, 9.17) is 14.2 Å². The number of benzene rings is 2. The Bertz CT molecular complexity index is 959. The molecule has 0 radical (unpaired) electrons. The van der Waals surface area contributed by atoms with E-state index in [2.05, 4.69) is 10.6 Å². The van der Waals surface area contributed by atoms with Crippen molar-refractivity contribution in [2.45, 2.75) is 6.54 Å². The molecular weight excluding hydrogens is 378 g/mol. The van der Waals surface area contributed by atoms with Crippen LogP contribution in [0.25, 0.3) is 0 Å². The number of carbonyl (C=O) groups excluding carboxylic acids is 3. The van der Waals surface area contributed by atoms with Crippen molar-refractivity contribution in [3.05, 3.63) is 42.0 Å². The molecule has 0 aliphatic carbocycles. The van der Waals surface area contributed by atoms with E-state index in [0.29, 0.717) is 28.6 Å². The standard InChI is InChI=1S/C20H21N3O6/c1-23-14-9-13(5-7-15(14)29-11-18(23)24)22-20(26)19(25)21-10-12-4-6-16(27-2)17(8-12)28-3/h4-9H,10-11H2,1-3H3,(H,21,25)(H,22,26). The summed E-state index contributed by atoms with van der Waals surface area (Å²) < 4.78 is 15.7. The lowest BCUT2D eigenvalue weighted by Crippen LogP contribution is -2.36. The molecule has 152 valence electrons. The Labute approximate surface area is 167 Å². The first-order valence-electron chi connectivity index (χ1n) is 8.76. The van der Waals surface area contributed by atoms with E-state index in [9.17, 15) is 14.4 Å². The van der Waals surface area contributed by atoms with Crippen LogP contribution in [-0.4, -0.2) is 45.6 Å². The lowest BCUT2D eigenvalue weighted by Gasteiger charge is -2.26. The number of fused-ring (bicyclic) bond motifs is 1. The average molecular weight is 399 g/mol. The number of amides is 3. The second-order valence-corrected chi connectivity index (χ2v) is 6.25. The first kappa shape index (κ1) is 20.0. The minimum atomic E-state index is -0.823. The molecule has 3 amide bonds. The number of nitrogens with zero attached hydrogens (tertiary/aromatic N) is 1. The van der Waals surface area contributed by atoms with Gasteiger partial charge in [-0.05, 0) is 35.9 Å². The summed E-state index contributed by atoms with van der Waals surface area (Å²) >= 11 is 0. The van der Waals surface area contributed by atoms with E-state index in [0.717, 1.165) is 5.56 Å². The van der Waals surface area contributed by atoms with Crippen LogP contribution in [0.3, 0.4) is 0 Å². The lowest BCUT2D eigenvalue weighted by molar-refractivity contribution is -0.136. The topological polar surface area (TPSA) is 106 Å². The summed E-state index contributed by atoms with van der Waals surface area (Å²) in [6.07, 6.45) is 0. The number of hydrogen-bond donors (Lipinski definition) is 2. The van der Waals surface area contributed by atoms with Gasteiger partial charge in [-0.1, -0.05) is 6.07 Å². The Balaban J connectivity index is 1.61. The van der Waals surface area contributed by atoms with E-state index in [1.54, 1.807) is 43.4 Å². The Morgan fingerprint density at radius 1 is 1.07 bits per heavy atom. The maximum Gasteiger partial charge on any atom is 0.313 e. The minimum Gasteiger partial charge on any atom is -0.493 e. The molecule has 0 unspecified atom stereocenters. The molecule has 9 nitrogen and oxygen atoms in total. The normalized spacial score (nSPS) is 12.5. The summed E-state index contributed by atoms with van der Waals surface area (Å²) in [7, 11) is 4.66. The monoisotopic (exact) mass is 399 g/mol. The SMILES string of the molecule is COc1ccc(CNC(=O)C(=O)Nc2ccc3c(c2)N(C)C(=O)CO3)cc1OC. The molecule has 0 saturated carbocycles. The quantitative estimate of drug-likeness (QED) is 0.735. The number of anilines is 2. The zero-order valence-electron chi connectivity index (χ0n) is 16.3. The van der Waals surface area contributed by atoms with Crippen LogP contribution >= 0.6 is 0 Å². The molecule has 0 spiro atoms. The van der Waals surface area contributed by atoms with Gasteiger partial charge in [0.15, 0.2) is 18.1 Å². The lowest BCUT2D eigenvalue weighted by atomic mass is 10.2. The molecule has 2 aromatic carbocycles. The van der Waals surface area contributed by atoms with Crippen molar-refractivity contribution in [3.8, 4) is 17.2 Å². The number of hydrogen-bond acceptors (Lipinski definition) is 6. The molecule has 3 rings (SSSR count). The fourth-order valence-electron chi connectivity index (χ4n) is 2.79. The Morgan fingerprint density at radius 3 is 2.55 bits per heavy atom. The van der Waals surface area contributed by atoms with Gasteiger partial charge in [0.05, 0.1) is 19.9 Å². The summed E-state index contributed by atoms with van der Waals surface area (Å²) in [6.45, 7) is 0.107. The molecule has 29 heavy (non-hydrogen) atoms. The fourth-order valence-corrected chi connectivity index (χ4v) is 2.79. The minimum absolute atomic E-state index is 0.0340. The van der Waals surface area contributed by atoms with Crippen LogP contribution < -0.4 is 29.7 Å². The van der Waals surface area contributed by atoms with Crippen LogP contribution in [0, 0.1) is 0 Å². The molecule has 0 aromatic heterocycles. The van der Waals surface area contributed by atoms with E-state index in [1.807, 2.05) is 0 Å². The Morgan fingerprint density at radius 2 is 1.83 bits per heavy atom. The largest absolute Gasteiger partial charge is 0.493 e. The summed E-state index contributed by atoms with van der Waals surface area (Å²) in [6, 6.07) is 10.00. The second kappa shape index (κ2) is 8.51. The van der Waals surface area contributed by atoms with Gasteiger partial charge in [0.2, 0.25) is 0 Å². The molecule has 1 aliphatic rings. The van der Waals surface area contributed by atoms with Crippen LogP contribution in [-0.2, 0) is 20.9 Å². The first-order chi connectivity index (χ1) is 13.9. The molecule has 9 heteroatoms. The zero-order chi connectivity index (χ0) is 21.0. The van der Waals surface area contributed by atoms with Crippen molar-refractivity contribution in [2.24, 2.45) is 0 Å². The second-order valence-electron chi connectivity index (χ2n) is 6.25. The van der Waals surface area contributed by atoms with Crippen molar-refractivity contribution in [1.82, 2.24) is 5.32 Å². The first-order valence-corrected chi connectivity index (χ1v) is 8.76. The predicted molar refractivity (Wildman–Crippen MR) is 105 cm³/mol. The van der Waals surface area contributed by atoms with Crippen LogP contribution in [0.15, 0.2) is 36.4 Å². The molecule has 0 fully saturated rings. The summed E-state index contributed by atoms with van der Waals surface area (Å²) in [5, 5.41) is 5.06. The van der Waals surface area contributed by atoms with Gasteiger partial charge >= 0.3 is 11.8 Å². The average Bonchev–Trinajstić information content (AvgIpc) is 2.74. The van der Waals surface area contributed by atoms with E-state index < -0.39 is 11.8 Å². The third-order valence-corrected chi connectivity index (χ3v) is 4.41. The van der Waals surface area contributed by atoms with E-state index in [1.165, 1.54) is 19.1 Å². The number of likely N-dealkylation sites (N-methyl/N-ethyl adjacent to an activating group) is 1. The van der Waals surface area contributed by atoms with Crippen molar-refractivity contribution in [3.63, 3.8) is 0 Å². The summed E-state index contributed by atoms with van der Waals surface area (Å²) in [5.74, 6) is -0.190. The summed E-state index contributed by atoms with van der Waals surface area (Å²) in [4.78, 5) is 37.5. The van der Waals surface area contributed by atoms with E-state index in [-0.39, 0.29) is 19.1 Å². The van der Waals surface area contributed by atoms with Crippen LogP contribution in [0.4, 0.5) is 11.4 Å². The molecule has 0 atom stereocenters. The van der Waals surface area contributed by atoms with Crippen molar-refractivity contribution in [1.29, 1.82) is 0 Å². The molecule has 0 saturated heterocycles. The van der Waals surface area contributed by atoms with Gasteiger partial charge in [-0.2, -0.15) is 0 Å². The highest BCUT2D eigenvalue weighted by Gasteiger charge is 2.23. The molecular formula is C20H21N3O6. The van der Waals surface area contributed by atoms with Crippen molar-refractivity contribution in [2.75, 3.05) is 38.1 Å². The van der Waals surface area contributed by atoms with Gasteiger partial charge in [-0.3, -0.25) is 14.4 Å². The molecule has 1 aliphatic heterocycles. The predicted octanol–water partition coefficient (Wildman–Crippen LogP) is 1.31. The number of ether oxygens (including phenoxy) is 3. The highest BCUT2D eigenvalue weighted by Crippen LogP contribution is 2.33. The zero-order valence-corrected chi connectivity index (χ0v) is 16.3. The molecule has 2 N–H and O–H groups in total. The van der Waals surface area contributed by atoms with Gasteiger partial charge in [0, 0.05) is 19.3 Å².